The van der Waals surface area contributed by atoms with Crippen LogP contribution in [0.25, 0.3) is 0 Å². The monoisotopic (exact) mass is 272 g/mol. The Morgan fingerprint density at radius 1 is 1.39 bits per heavy atom. The molecule has 0 aliphatic carbocycles. The Labute approximate surface area is 114 Å². The van der Waals surface area contributed by atoms with Gasteiger partial charge < -0.3 is 5.73 Å². The first-order valence-electron chi connectivity index (χ1n) is 6.34. The van der Waals surface area contributed by atoms with E-state index >= 15 is 0 Å². The third kappa shape index (κ3) is 4.23. The predicted molar refractivity (Wildman–Crippen MR) is 75.3 cm³/mol. The molecule has 0 saturated carbocycles. The van der Waals surface area contributed by atoms with Gasteiger partial charge in [-0.25, -0.2) is 4.39 Å². The molecule has 0 aliphatic rings. The maximum absolute atomic E-state index is 13.4. The minimum atomic E-state index is -0.312. The zero-order chi connectivity index (χ0) is 13.7. The maximum Gasteiger partial charge on any atom is 0.125 e. The fourth-order valence-corrected chi connectivity index (χ4v) is 2.32. The number of nitrogens with two attached hydrogens (primary N) is 1. The molecule has 18 heavy (non-hydrogen) atoms. The first-order valence-corrected chi connectivity index (χ1v) is 6.72. The molecule has 1 rings (SSSR count). The van der Waals surface area contributed by atoms with E-state index in [-0.39, 0.29) is 11.9 Å². The lowest BCUT2D eigenvalue weighted by atomic mass is 10.0. The summed E-state index contributed by atoms with van der Waals surface area (Å²) >= 11 is 5.89. The Bertz CT molecular complexity index is 364. The van der Waals surface area contributed by atoms with Crippen molar-refractivity contribution in [1.82, 2.24) is 4.90 Å². The Morgan fingerprint density at radius 2 is 2.06 bits per heavy atom. The molecule has 2 atom stereocenters. The van der Waals surface area contributed by atoms with Crippen LogP contribution in [0.2, 0.25) is 5.02 Å². The highest BCUT2D eigenvalue weighted by Crippen LogP contribution is 2.24. The summed E-state index contributed by atoms with van der Waals surface area (Å²) in [4.78, 5) is 2.17. The standard InChI is InChI=1S/C14H22ClFN2/c1-4-10(2)9-18(3)14(8-17)11-5-12(15)7-13(16)6-11/h5-7,10,14H,4,8-9,17H2,1-3H3. The Balaban J connectivity index is 2.87. The molecule has 1 aromatic rings. The average molecular weight is 273 g/mol. The summed E-state index contributed by atoms with van der Waals surface area (Å²) in [7, 11) is 2.02. The van der Waals surface area contributed by atoms with E-state index in [4.69, 9.17) is 17.3 Å². The van der Waals surface area contributed by atoms with Gasteiger partial charge in [0.15, 0.2) is 0 Å². The minimum Gasteiger partial charge on any atom is -0.329 e. The fraction of sp³-hybridized carbons (Fsp3) is 0.571. The largest absolute Gasteiger partial charge is 0.329 e. The normalized spacial score (nSPS) is 14.8. The van der Waals surface area contributed by atoms with Gasteiger partial charge in [0.05, 0.1) is 0 Å². The lowest BCUT2D eigenvalue weighted by molar-refractivity contribution is 0.215. The van der Waals surface area contributed by atoms with E-state index in [1.165, 1.54) is 12.1 Å². The van der Waals surface area contributed by atoms with E-state index in [2.05, 4.69) is 18.7 Å². The van der Waals surface area contributed by atoms with Gasteiger partial charge in [0.25, 0.3) is 0 Å². The number of benzene rings is 1. The van der Waals surface area contributed by atoms with E-state index < -0.39 is 0 Å². The second-order valence-corrected chi connectivity index (χ2v) is 5.34. The van der Waals surface area contributed by atoms with Gasteiger partial charge in [-0.3, -0.25) is 4.90 Å². The topological polar surface area (TPSA) is 29.3 Å². The maximum atomic E-state index is 13.4. The number of likely N-dealkylation sites (N-methyl/N-ethyl adjacent to an activating group) is 1. The molecule has 4 heteroatoms. The van der Waals surface area contributed by atoms with Crippen molar-refractivity contribution in [2.24, 2.45) is 11.7 Å². The molecule has 0 heterocycles. The van der Waals surface area contributed by atoms with Crippen molar-refractivity contribution in [1.29, 1.82) is 0 Å². The molecule has 0 spiro atoms. The van der Waals surface area contributed by atoms with Gasteiger partial charge in [0, 0.05) is 24.2 Å². The molecule has 2 nitrogen and oxygen atoms in total. The highest BCUT2D eigenvalue weighted by atomic mass is 35.5. The van der Waals surface area contributed by atoms with Crippen LogP contribution in [0.3, 0.4) is 0 Å². The van der Waals surface area contributed by atoms with Crippen LogP contribution in [0, 0.1) is 11.7 Å². The van der Waals surface area contributed by atoms with Gasteiger partial charge in [-0.05, 0) is 36.7 Å². The summed E-state index contributed by atoms with van der Waals surface area (Å²) in [6.45, 7) is 5.75. The van der Waals surface area contributed by atoms with Gasteiger partial charge in [0.2, 0.25) is 0 Å². The van der Waals surface area contributed by atoms with Gasteiger partial charge in [0.1, 0.15) is 5.82 Å². The fourth-order valence-electron chi connectivity index (χ4n) is 2.09. The quantitative estimate of drug-likeness (QED) is 0.859. The number of rotatable bonds is 6. The SMILES string of the molecule is CCC(C)CN(C)C(CN)c1cc(F)cc(Cl)c1. The van der Waals surface area contributed by atoms with Crippen LogP contribution in [0.15, 0.2) is 18.2 Å². The minimum absolute atomic E-state index is 0.00667. The van der Waals surface area contributed by atoms with Gasteiger partial charge >= 0.3 is 0 Å². The molecule has 1 aromatic carbocycles. The first kappa shape index (κ1) is 15.4. The van der Waals surface area contributed by atoms with E-state index in [1.807, 2.05) is 7.05 Å². The molecule has 0 bridgehead atoms. The second kappa shape index (κ2) is 7.07. The Kier molecular flexibility index (Phi) is 6.06. The number of hydrogen-bond acceptors (Lipinski definition) is 2. The average Bonchev–Trinajstić information content (AvgIpc) is 2.28. The summed E-state index contributed by atoms with van der Waals surface area (Å²) < 4.78 is 13.4. The van der Waals surface area contributed by atoms with Crippen LogP contribution in [0.5, 0.6) is 0 Å². The molecular formula is C14H22ClFN2. The van der Waals surface area contributed by atoms with Crippen molar-refractivity contribution in [3.63, 3.8) is 0 Å². The van der Waals surface area contributed by atoms with E-state index in [0.29, 0.717) is 17.5 Å². The van der Waals surface area contributed by atoms with Gasteiger partial charge in [-0.2, -0.15) is 0 Å². The molecule has 2 unspecified atom stereocenters. The smallest absolute Gasteiger partial charge is 0.125 e. The second-order valence-electron chi connectivity index (χ2n) is 4.91. The molecule has 0 radical (unpaired) electrons. The molecule has 102 valence electrons. The van der Waals surface area contributed by atoms with Crippen LogP contribution in [-0.4, -0.2) is 25.0 Å². The molecule has 0 amide bonds. The predicted octanol–water partition coefficient (Wildman–Crippen LogP) is 3.46. The zero-order valence-corrected chi connectivity index (χ0v) is 12.0. The summed E-state index contributed by atoms with van der Waals surface area (Å²) in [5, 5.41) is 0.417. The zero-order valence-electron chi connectivity index (χ0n) is 11.3. The molecule has 2 N–H and O–H groups in total. The van der Waals surface area contributed by atoms with Crippen LogP contribution in [0.4, 0.5) is 4.39 Å². The summed E-state index contributed by atoms with van der Waals surface area (Å²) in [5.74, 6) is 0.279. The molecular weight excluding hydrogens is 251 g/mol. The lowest BCUT2D eigenvalue weighted by Crippen LogP contribution is -2.33. The molecule has 0 saturated heterocycles. The van der Waals surface area contributed by atoms with Crippen molar-refractivity contribution in [2.45, 2.75) is 26.3 Å². The third-order valence-corrected chi connectivity index (χ3v) is 3.54. The Hall–Kier alpha value is -0.640. The third-order valence-electron chi connectivity index (χ3n) is 3.32. The van der Waals surface area contributed by atoms with E-state index in [1.54, 1.807) is 6.07 Å². The summed E-state index contributed by atoms with van der Waals surface area (Å²) in [5.41, 5.74) is 6.66. The molecule has 0 aliphatic heterocycles. The number of nitrogens with zero attached hydrogens (tertiary/aromatic N) is 1. The van der Waals surface area contributed by atoms with Crippen molar-refractivity contribution in [3.05, 3.63) is 34.6 Å². The van der Waals surface area contributed by atoms with Crippen molar-refractivity contribution < 1.29 is 4.39 Å². The van der Waals surface area contributed by atoms with E-state index in [9.17, 15) is 4.39 Å². The van der Waals surface area contributed by atoms with Crippen LogP contribution >= 0.6 is 11.6 Å². The highest BCUT2D eigenvalue weighted by Gasteiger charge is 2.18. The number of hydrogen-bond donors (Lipinski definition) is 1. The Morgan fingerprint density at radius 3 is 2.56 bits per heavy atom. The molecule has 0 fully saturated rings. The molecule has 0 aromatic heterocycles. The number of halogens is 2. The van der Waals surface area contributed by atoms with Crippen LogP contribution < -0.4 is 5.73 Å². The van der Waals surface area contributed by atoms with Gasteiger partial charge in [-0.15, -0.1) is 0 Å². The van der Waals surface area contributed by atoms with Crippen LogP contribution in [0.1, 0.15) is 31.9 Å². The van der Waals surface area contributed by atoms with Crippen LogP contribution in [-0.2, 0) is 0 Å². The lowest BCUT2D eigenvalue weighted by Gasteiger charge is -2.29. The van der Waals surface area contributed by atoms with Gasteiger partial charge in [-0.1, -0.05) is 31.9 Å². The highest BCUT2D eigenvalue weighted by molar-refractivity contribution is 6.30. The van der Waals surface area contributed by atoms with Crippen molar-refractivity contribution >= 4 is 11.6 Å². The first-order chi connectivity index (χ1) is 8.47. The van der Waals surface area contributed by atoms with Crippen molar-refractivity contribution in [2.75, 3.05) is 20.1 Å². The summed E-state index contributed by atoms with van der Waals surface area (Å²) in [6.07, 6.45) is 1.12. The van der Waals surface area contributed by atoms with E-state index in [0.717, 1.165) is 18.5 Å². The van der Waals surface area contributed by atoms with Crippen molar-refractivity contribution in [3.8, 4) is 0 Å². The summed E-state index contributed by atoms with van der Waals surface area (Å²) in [6, 6.07) is 4.62.